The Labute approximate surface area is 104 Å². The lowest BCUT2D eigenvalue weighted by Crippen LogP contribution is -2.32. The summed E-state index contributed by atoms with van der Waals surface area (Å²) >= 11 is 0. The lowest BCUT2D eigenvalue weighted by atomic mass is 10.1. The molecule has 2 aliphatic rings. The Morgan fingerprint density at radius 3 is 2.56 bits per heavy atom. The van der Waals surface area contributed by atoms with Crippen molar-refractivity contribution in [2.24, 2.45) is 17.6 Å². The molecule has 4 nitrogen and oxygen atoms in total. The molecule has 0 aromatic heterocycles. The number of nitrogens with zero attached hydrogens (tertiary/aromatic N) is 1. The zero-order valence-electron chi connectivity index (χ0n) is 9.73. The number of benzene rings is 1. The molecule has 1 aliphatic carbocycles. The number of likely N-dealkylation sites (tertiary alicyclic amines) is 1. The van der Waals surface area contributed by atoms with Crippen molar-refractivity contribution in [2.75, 3.05) is 0 Å². The van der Waals surface area contributed by atoms with Crippen LogP contribution in [-0.4, -0.2) is 16.7 Å². The first kappa shape index (κ1) is 11.3. The number of hydrogen-bond donors (Lipinski definition) is 1. The fraction of sp³-hybridized carbons (Fsp3) is 0.385. The van der Waals surface area contributed by atoms with Gasteiger partial charge < -0.3 is 5.73 Å². The number of amides is 2. The second-order valence-corrected chi connectivity index (χ2v) is 4.84. The first-order valence-corrected chi connectivity index (χ1v) is 5.94. The molecule has 2 amide bonds. The molecule has 0 radical (unpaired) electrons. The summed E-state index contributed by atoms with van der Waals surface area (Å²) in [6.45, 7) is 0.324. The van der Waals surface area contributed by atoms with Gasteiger partial charge in [0.05, 0.1) is 18.4 Å². The number of imide groups is 1. The standard InChI is InChI=1S/C13H13FN2O2/c14-11-2-1-7(3-8(11)5-15)6-16-12(17)9-4-10(9)13(16)18/h1-3,9-10H,4-6,15H2. The number of fused-ring (bicyclic) bond motifs is 1. The lowest BCUT2D eigenvalue weighted by molar-refractivity contribution is -0.142. The minimum atomic E-state index is -0.358. The summed E-state index contributed by atoms with van der Waals surface area (Å²) in [4.78, 5) is 24.8. The molecule has 0 spiro atoms. The maximum atomic E-state index is 13.3. The third-order valence-electron chi connectivity index (χ3n) is 3.63. The van der Waals surface area contributed by atoms with Crippen molar-refractivity contribution in [2.45, 2.75) is 19.5 Å². The molecule has 1 saturated carbocycles. The van der Waals surface area contributed by atoms with Crippen molar-refractivity contribution in [3.63, 3.8) is 0 Å². The van der Waals surface area contributed by atoms with Crippen LogP contribution in [0.1, 0.15) is 17.5 Å². The van der Waals surface area contributed by atoms with Crippen LogP contribution in [0, 0.1) is 17.7 Å². The Balaban J connectivity index is 1.81. The third-order valence-corrected chi connectivity index (χ3v) is 3.63. The molecule has 1 aromatic carbocycles. The van der Waals surface area contributed by atoms with Crippen molar-refractivity contribution in [1.82, 2.24) is 4.90 Å². The monoisotopic (exact) mass is 248 g/mol. The van der Waals surface area contributed by atoms with E-state index >= 15 is 0 Å². The van der Waals surface area contributed by atoms with E-state index in [9.17, 15) is 14.0 Å². The molecule has 1 heterocycles. The van der Waals surface area contributed by atoms with Gasteiger partial charge in [-0.3, -0.25) is 14.5 Å². The van der Waals surface area contributed by atoms with Crippen LogP contribution < -0.4 is 5.73 Å². The maximum absolute atomic E-state index is 13.3. The number of carbonyl (C=O) groups excluding carboxylic acids is 2. The van der Waals surface area contributed by atoms with E-state index in [1.807, 2.05) is 0 Å². The summed E-state index contributed by atoms with van der Waals surface area (Å²) < 4.78 is 13.3. The molecule has 5 heteroatoms. The van der Waals surface area contributed by atoms with Gasteiger partial charge in [0, 0.05) is 12.1 Å². The van der Waals surface area contributed by atoms with Crippen LogP contribution in [0.25, 0.3) is 0 Å². The average molecular weight is 248 g/mol. The van der Waals surface area contributed by atoms with Gasteiger partial charge in [0.2, 0.25) is 11.8 Å². The van der Waals surface area contributed by atoms with Gasteiger partial charge in [-0.2, -0.15) is 0 Å². The number of halogens is 1. The van der Waals surface area contributed by atoms with Crippen molar-refractivity contribution in [3.05, 3.63) is 35.1 Å². The lowest BCUT2D eigenvalue weighted by Gasteiger charge is -2.16. The number of rotatable bonds is 3. The van der Waals surface area contributed by atoms with Crippen molar-refractivity contribution in [3.8, 4) is 0 Å². The van der Waals surface area contributed by atoms with Crippen LogP contribution >= 0.6 is 0 Å². The van der Waals surface area contributed by atoms with Gasteiger partial charge in [-0.05, 0) is 24.1 Å². The molecule has 2 N–H and O–H groups in total. The molecule has 94 valence electrons. The summed E-state index contributed by atoms with van der Waals surface area (Å²) in [6.07, 6.45) is 0.700. The fourth-order valence-electron chi connectivity index (χ4n) is 2.47. The summed E-state index contributed by atoms with van der Waals surface area (Å²) in [6, 6.07) is 4.52. The van der Waals surface area contributed by atoms with Gasteiger partial charge in [0.15, 0.2) is 0 Å². The highest BCUT2D eigenvalue weighted by atomic mass is 19.1. The van der Waals surface area contributed by atoms with Gasteiger partial charge in [-0.1, -0.05) is 6.07 Å². The van der Waals surface area contributed by atoms with Crippen LogP contribution in [0.2, 0.25) is 0 Å². The number of piperidine rings is 1. The quantitative estimate of drug-likeness (QED) is 0.804. The minimum Gasteiger partial charge on any atom is -0.326 e. The fourth-order valence-corrected chi connectivity index (χ4v) is 2.47. The number of hydrogen-bond acceptors (Lipinski definition) is 3. The Kier molecular flexibility index (Phi) is 2.45. The summed E-state index contributed by atoms with van der Waals surface area (Å²) in [7, 11) is 0. The van der Waals surface area contributed by atoms with Crippen molar-refractivity contribution >= 4 is 11.8 Å². The zero-order valence-corrected chi connectivity index (χ0v) is 9.73. The molecule has 2 atom stereocenters. The van der Waals surface area contributed by atoms with Gasteiger partial charge in [0.1, 0.15) is 5.82 Å². The SMILES string of the molecule is NCc1cc(CN2C(=O)C3CC3C2=O)ccc1F. The average Bonchev–Trinajstić information content (AvgIpc) is 3.12. The van der Waals surface area contributed by atoms with Gasteiger partial charge >= 0.3 is 0 Å². The van der Waals surface area contributed by atoms with E-state index in [1.165, 1.54) is 11.0 Å². The predicted molar refractivity (Wildman–Crippen MR) is 61.4 cm³/mol. The second kappa shape index (κ2) is 3.88. The Hall–Kier alpha value is -1.75. The molecular weight excluding hydrogens is 235 g/mol. The summed E-state index contributed by atoms with van der Waals surface area (Å²) in [5.41, 5.74) is 6.56. The van der Waals surface area contributed by atoms with Crippen LogP contribution in [0.4, 0.5) is 4.39 Å². The highest BCUT2D eigenvalue weighted by molar-refractivity contribution is 6.08. The van der Waals surface area contributed by atoms with Crippen LogP contribution in [0.3, 0.4) is 0 Å². The maximum Gasteiger partial charge on any atom is 0.233 e. The molecule has 1 saturated heterocycles. The van der Waals surface area contributed by atoms with E-state index in [4.69, 9.17) is 5.73 Å². The van der Waals surface area contributed by atoms with Gasteiger partial charge in [-0.15, -0.1) is 0 Å². The minimum absolute atomic E-state index is 0.0908. The molecule has 1 aliphatic heterocycles. The highest BCUT2D eigenvalue weighted by Crippen LogP contribution is 2.47. The molecule has 18 heavy (non-hydrogen) atoms. The molecule has 2 unspecified atom stereocenters. The summed E-state index contributed by atoms with van der Waals surface area (Å²) in [5, 5.41) is 0. The normalized spacial score (nSPS) is 25.6. The van der Waals surface area contributed by atoms with E-state index in [-0.39, 0.29) is 42.6 Å². The van der Waals surface area contributed by atoms with Gasteiger partial charge in [-0.25, -0.2) is 4.39 Å². The molecule has 2 fully saturated rings. The Morgan fingerprint density at radius 1 is 1.28 bits per heavy atom. The Bertz CT molecular complexity index is 524. The number of carbonyl (C=O) groups is 2. The van der Waals surface area contributed by atoms with Crippen molar-refractivity contribution < 1.29 is 14.0 Å². The van der Waals surface area contributed by atoms with Gasteiger partial charge in [0.25, 0.3) is 0 Å². The largest absolute Gasteiger partial charge is 0.326 e. The first-order chi connectivity index (χ1) is 8.61. The van der Waals surface area contributed by atoms with Crippen LogP contribution in [-0.2, 0) is 22.7 Å². The van der Waals surface area contributed by atoms with Crippen LogP contribution in [0.5, 0.6) is 0 Å². The summed E-state index contributed by atoms with van der Waals surface area (Å²) in [5.74, 6) is -0.728. The third kappa shape index (κ3) is 1.62. The smallest absolute Gasteiger partial charge is 0.233 e. The number of nitrogens with two attached hydrogens (primary N) is 1. The predicted octanol–water partition coefficient (Wildman–Crippen LogP) is 0.789. The highest BCUT2D eigenvalue weighted by Gasteiger charge is 2.58. The second-order valence-electron chi connectivity index (χ2n) is 4.84. The molecule has 0 bridgehead atoms. The molecule has 1 aromatic rings. The first-order valence-electron chi connectivity index (χ1n) is 5.94. The van der Waals surface area contributed by atoms with E-state index < -0.39 is 0 Å². The van der Waals surface area contributed by atoms with E-state index in [1.54, 1.807) is 12.1 Å². The van der Waals surface area contributed by atoms with E-state index in [0.29, 0.717) is 12.0 Å². The van der Waals surface area contributed by atoms with E-state index in [2.05, 4.69) is 0 Å². The molecule has 3 rings (SSSR count). The van der Waals surface area contributed by atoms with Crippen LogP contribution in [0.15, 0.2) is 18.2 Å². The zero-order chi connectivity index (χ0) is 12.9. The topological polar surface area (TPSA) is 63.4 Å². The molecular formula is C13H13FN2O2. The Morgan fingerprint density at radius 2 is 1.94 bits per heavy atom. The van der Waals surface area contributed by atoms with Crippen molar-refractivity contribution in [1.29, 1.82) is 0 Å². The van der Waals surface area contributed by atoms with E-state index in [0.717, 1.165) is 5.56 Å².